The molecule has 0 fully saturated rings. The number of hydrogen-bond donors (Lipinski definition) is 2. The first kappa shape index (κ1) is 14.2. The Hall–Kier alpha value is -1.88. The van der Waals surface area contributed by atoms with E-state index in [2.05, 4.69) is 0 Å². The molecule has 3 N–H and O–H groups in total. The van der Waals surface area contributed by atoms with Gasteiger partial charge in [0.1, 0.15) is 6.61 Å². The molecule has 98 valence electrons. The van der Waals surface area contributed by atoms with Crippen LogP contribution in [0.1, 0.15) is 18.9 Å². The summed E-state index contributed by atoms with van der Waals surface area (Å²) < 4.78 is 5.00. The van der Waals surface area contributed by atoms with Gasteiger partial charge in [0.15, 0.2) is 0 Å². The number of carboxylic acid groups (broad SMARTS) is 1. The van der Waals surface area contributed by atoms with E-state index in [0.717, 1.165) is 5.56 Å². The van der Waals surface area contributed by atoms with Crippen LogP contribution in [0.15, 0.2) is 30.3 Å². The van der Waals surface area contributed by atoms with Gasteiger partial charge in [0.2, 0.25) is 0 Å². The topological polar surface area (TPSA) is 89.6 Å². The summed E-state index contributed by atoms with van der Waals surface area (Å²) in [4.78, 5) is 22.4. The molecule has 0 radical (unpaired) electrons. The molecule has 0 aliphatic carbocycles. The van der Waals surface area contributed by atoms with Crippen LogP contribution in [-0.4, -0.2) is 23.1 Å². The van der Waals surface area contributed by atoms with Gasteiger partial charge in [-0.2, -0.15) is 0 Å². The third kappa shape index (κ3) is 4.55. The van der Waals surface area contributed by atoms with Crippen molar-refractivity contribution in [2.45, 2.75) is 26.0 Å². The molecule has 18 heavy (non-hydrogen) atoms. The van der Waals surface area contributed by atoms with E-state index in [4.69, 9.17) is 15.6 Å². The number of carbonyl (C=O) groups is 2. The average molecular weight is 251 g/mol. The molecule has 2 atom stereocenters. The van der Waals surface area contributed by atoms with Crippen LogP contribution in [0.3, 0.4) is 0 Å². The molecule has 5 heteroatoms. The molecule has 0 unspecified atom stereocenters. The van der Waals surface area contributed by atoms with E-state index in [-0.39, 0.29) is 13.0 Å². The van der Waals surface area contributed by atoms with Gasteiger partial charge in [0, 0.05) is 6.04 Å². The first-order chi connectivity index (χ1) is 8.50. The highest BCUT2D eigenvalue weighted by Crippen LogP contribution is 2.10. The molecule has 1 aromatic rings. The highest BCUT2D eigenvalue weighted by Gasteiger charge is 2.25. The van der Waals surface area contributed by atoms with Gasteiger partial charge < -0.3 is 15.6 Å². The summed E-state index contributed by atoms with van der Waals surface area (Å²) >= 11 is 0. The second-order valence-electron chi connectivity index (χ2n) is 4.15. The van der Waals surface area contributed by atoms with Gasteiger partial charge in [-0.05, 0) is 12.5 Å². The molecule has 1 rings (SSSR count). The van der Waals surface area contributed by atoms with Crippen LogP contribution in [-0.2, 0) is 20.9 Å². The fourth-order valence-corrected chi connectivity index (χ4v) is 1.47. The van der Waals surface area contributed by atoms with Crippen LogP contribution in [0.25, 0.3) is 0 Å². The van der Waals surface area contributed by atoms with E-state index in [1.165, 1.54) is 0 Å². The predicted octanol–water partition coefficient (Wildman–Crippen LogP) is 1.17. The molecule has 0 bridgehead atoms. The lowest BCUT2D eigenvalue weighted by molar-refractivity contribution is -0.152. The van der Waals surface area contributed by atoms with Crippen molar-refractivity contribution in [2.24, 2.45) is 11.7 Å². The Kier molecular flexibility index (Phi) is 5.32. The van der Waals surface area contributed by atoms with E-state index in [9.17, 15) is 9.59 Å². The molecule has 0 aliphatic rings. The number of rotatable bonds is 6. The highest BCUT2D eigenvalue weighted by molar-refractivity contribution is 5.79. The molecule has 0 heterocycles. The maximum absolute atomic E-state index is 11.5. The fourth-order valence-electron chi connectivity index (χ4n) is 1.47. The Labute approximate surface area is 106 Å². The van der Waals surface area contributed by atoms with Crippen molar-refractivity contribution in [3.8, 4) is 0 Å². The maximum Gasteiger partial charge on any atom is 0.308 e. The van der Waals surface area contributed by atoms with E-state index < -0.39 is 23.9 Å². The maximum atomic E-state index is 11.5. The minimum atomic E-state index is -1.08. The standard InChI is InChI=1S/C13H17NO4/c1-9(14)11(13(16)17)7-12(15)18-8-10-5-3-2-4-6-10/h2-6,9,11H,7-8,14H2,1H3,(H,16,17)/t9-,11+/m1/s1. The first-order valence-corrected chi connectivity index (χ1v) is 5.68. The zero-order valence-corrected chi connectivity index (χ0v) is 10.2. The van der Waals surface area contributed by atoms with E-state index in [1.54, 1.807) is 6.92 Å². The normalized spacial score (nSPS) is 13.7. The van der Waals surface area contributed by atoms with Crippen molar-refractivity contribution in [3.63, 3.8) is 0 Å². The second-order valence-corrected chi connectivity index (χ2v) is 4.15. The Morgan fingerprint density at radius 2 is 1.94 bits per heavy atom. The van der Waals surface area contributed by atoms with Crippen molar-refractivity contribution in [2.75, 3.05) is 0 Å². The van der Waals surface area contributed by atoms with Crippen molar-refractivity contribution in [1.29, 1.82) is 0 Å². The summed E-state index contributed by atoms with van der Waals surface area (Å²) in [5, 5.41) is 8.89. The van der Waals surface area contributed by atoms with Gasteiger partial charge in [-0.1, -0.05) is 30.3 Å². The third-order valence-electron chi connectivity index (χ3n) is 2.58. The van der Waals surface area contributed by atoms with Gasteiger partial charge >= 0.3 is 11.9 Å². The summed E-state index contributed by atoms with van der Waals surface area (Å²) in [5.74, 6) is -2.54. The number of nitrogens with two attached hydrogens (primary N) is 1. The third-order valence-corrected chi connectivity index (χ3v) is 2.58. The van der Waals surface area contributed by atoms with Gasteiger partial charge in [-0.15, -0.1) is 0 Å². The van der Waals surface area contributed by atoms with Crippen molar-refractivity contribution < 1.29 is 19.4 Å². The molecule has 0 aromatic heterocycles. The minimum Gasteiger partial charge on any atom is -0.481 e. The predicted molar refractivity (Wildman–Crippen MR) is 65.6 cm³/mol. The zero-order valence-electron chi connectivity index (χ0n) is 10.2. The van der Waals surface area contributed by atoms with Crippen LogP contribution in [0.5, 0.6) is 0 Å². The molecule has 0 aliphatic heterocycles. The molecular weight excluding hydrogens is 234 g/mol. The van der Waals surface area contributed by atoms with Crippen LogP contribution < -0.4 is 5.73 Å². The Morgan fingerprint density at radius 3 is 2.44 bits per heavy atom. The average Bonchev–Trinajstić information content (AvgIpc) is 2.34. The number of esters is 1. The molecular formula is C13H17NO4. The van der Waals surface area contributed by atoms with Crippen molar-refractivity contribution >= 4 is 11.9 Å². The molecule has 1 aromatic carbocycles. The van der Waals surface area contributed by atoms with Gasteiger partial charge in [0.05, 0.1) is 12.3 Å². The van der Waals surface area contributed by atoms with Gasteiger partial charge in [-0.25, -0.2) is 0 Å². The van der Waals surface area contributed by atoms with Crippen LogP contribution in [0.4, 0.5) is 0 Å². The van der Waals surface area contributed by atoms with Crippen molar-refractivity contribution in [3.05, 3.63) is 35.9 Å². The number of carbonyl (C=O) groups excluding carboxylic acids is 1. The Bertz CT molecular complexity index is 403. The second kappa shape index (κ2) is 6.76. The monoisotopic (exact) mass is 251 g/mol. The van der Waals surface area contributed by atoms with Crippen molar-refractivity contribution in [1.82, 2.24) is 0 Å². The molecule has 0 amide bonds. The number of benzene rings is 1. The SMILES string of the molecule is C[C@@H](N)[C@H](CC(=O)OCc1ccccc1)C(=O)O. The Balaban J connectivity index is 2.44. The van der Waals surface area contributed by atoms with Gasteiger partial charge in [0.25, 0.3) is 0 Å². The Morgan fingerprint density at radius 1 is 1.33 bits per heavy atom. The quantitative estimate of drug-likeness (QED) is 0.741. The lowest BCUT2D eigenvalue weighted by atomic mass is 9.98. The minimum absolute atomic E-state index is 0.144. The largest absolute Gasteiger partial charge is 0.481 e. The fraction of sp³-hybridized carbons (Fsp3) is 0.385. The lowest BCUT2D eigenvalue weighted by Crippen LogP contribution is -2.34. The van der Waals surface area contributed by atoms with Crippen LogP contribution in [0.2, 0.25) is 0 Å². The molecule has 0 saturated heterocycles. The number of carboxylic acids is 1. The molecule has 0 spiro atoms. The summed E-state index contributed by atoms with van der Waals surface area (Å²) in [6, 6.07) is 8.60. The van der Waals surface area contributed by atoms with Gasteiger partial charge in [-0.3, -0.25) is 9.59 Å². The van der Waals surface area contributed by atoms with Crippen LogP contribution in [0, 0.1) is 5.92 Å². The molecule has 5 nitrogen and oxygen atoms in total. The van der Waals surface area contributed by atoms with E-state index in [1.807, 2.05) is 30.3 Å². The van der Waals surface area contributed by atoms with E-state index >= 15 is 0 Å². The number of ether oxygens (including phenoxy) is 1. The summed E-state index contributed by atoms with van der Waals surface area (Å²) in [6.07, 6.45) is -0.208. The smallest absolute Gasteiger partial charge is 0.308 e. The summed E-state index contributed by atoms with van der Waals surface area (Å²) in [6.45, 7) is 1.70. The number of hydrogen-bond acceptors (Lipinski definition) is 4. The highest BCUT2D eigenvalue weighted by atomic mass is 16.5. The molecule has 0 saturated carbocycles. The zero-order chi connectivity index (χ0) is 13.5. The van der Waals surface area contributed by atoms with E-state index in [0.29, 0.717) is 0 Å². The summed E-state index contributed by atoms with van der Waals surface area (Å²) in [7, 11) is 0. The summed E-state index contributed by atoms with van der Waals surface area (Å²) in [5.41, 5.74) is 6.36. The number of aliphatic carboxylic acids is 1. The first-order valence-electron chi connectivity index (χ1n) is 5.68. The van der Waals surface area contributed by atoms with Crippen LogP contribution >= 0.6 is 0 Å². The lowest BCUT2D eigenvalue weighted by Gasteiger charge is -2.15.